The van der Waals surface area contributed by atoms with Crippen LogP contribution >= 0.6 is 0 Å². The van der Waals surface area contributed by atoms with Crippen molar-refractivity contribution in [2.24, 2.45) is 11.7 Å². The lowest BCUT2D eigenvalue weighted by molar-refractivity contribution is -0.101. The number of hydrogen-bond acceptors (Lipinski definition) is 11. The van der Waals surface area contributed by atoms with E-state index >= 15 is 0 Å². The Labute approximate surface area is 341 Å². The van der Waals surface area contributed by atoms with Crippen molar-refractivity contribution >= 4 is 22.1 Å². The second-order valence-corrected chi connectivity index (χ2v) is 14.9. The second-order valence-electron chi connectivity index (χ2n) is 14.0. The molecule has 59 heavy (non-hydrogen) atoms. The normalized spacial score (nSPS) is 15.6. The van der Waals surface area contributed by atoms with Crippen LogP contribution in [0.25, 0.3) is 44.6 Å². The number of carbonyl (C=O) groups is 1. The van der Waals surface area contributed by atoms with Crippen LogP contribution in [0.4, 0.5) is 5.82 Å². The predicted molar refractivity (Wildman–Crippen MR) is 222 cm³/mol. The van der Waals surface area contributed by atoms with Gasteiger partial charge in [0.25, 0.3) is 5.91 Å². The fourth-order valence-corrected chi connectivity index (χ4v) is 6.95. The molecule has 5 aromatic rings. The third kappa shape index (κ3) is 11.5. The van der Waals surface area contributed by atoms with Crippen LogP contribution in [0.1, 0.15) is 28.8 Å². The number of nitrogens with two attached hydrogens (primary N) is 2. The van der Waals surface area contributed by atoms with Crippen LogP contribution in [0.2, 0.25) is 0 Å². The van der Waals surface area contributed by atoms with Crippen LogP contribution in [0.3, 0.4) is 0 Å². The Kier molecular flexibility index (Phi) is 15.0. The summed E-state index contributed by atoms with van der Waals surface area (Å²) in [6.45, 7) is 5.92. The number of methoxy groups -OCH3 is 1. The number of aromatic nitrogens is 2. The summed E-state index contributed by atoms with van der Waals surface area (Å²) >= 11 is 0. The van der Waals surface area contributed by atoms with Gasteiger partial charge in [-0.15, -0.1) is 0 Å². The van der Waals surface area contributed by atoms with E-state index < -0.39 is 21.7 Å². The van der Waals surface area contributed by atoms with Gasteiger partial charge in [0.2, 0.25) is 5.43 Å². The Bertz CT molecular complexity index is 2390. The van der Waals surface area contributed by atoms with E-state index in [0.717, 1.165) is 46.2 Å². The van der Waals surface area contributed by atoms with Gasteiger partial charge in [-0.25, -0.2) is 4.98 Å². The van der Waals surface area contributed by atoms with Gasteiger partial charge in [0, 0.05) is 48.8 Å². The van der Waals surface area contributed by atoms with Gasteiger partial charge in [0.05, 0.1) is 32.6 Å². The molecule has 0 spiro atoms. The van der Waals surface area contributed by atoms with Gasteiger partial charge < -0.3 is 45.2 Å². The number of aryl methyl sites for hydroxylation is 1. The van der Waals surface area contributed by atoms with E-state index in [1.54, 1.807) is 13.3 Å². The van der Waals surface area contributed by atoms with E-state index in [2.05, 4.69) is 4.98 Å². The van der Waals surface area contributed by atoms with E-state index in [1.807, 2.05) is 90.5 Å². The Balaban J connectivity index is 0.00000104. The van der Waals surface area contributed by atoms with E-state index in [-0.39, 0.29) is 17.1 Å². The fraction of sp³-hybridized carbons (Fsp3) is 0.310. The summed E-state index contributed by atoms with van der Waals surface area (Å²) in [7, 11) is -3.07. The van der Waals surface area contributed by atoms with Gasteiger partial charge in [-0.3, -0.25) is 18.7 Å². The van der Waals surface area contributed by atoms with Crippen molar-refractivity contribution in [2.75, 3.05) is 52.5 Å². The monoisotopic (exact) mass is 832 g/mol. The maximum Gasteiger partial charge on any atom is 0.394 e. The lowest BCUT2D eigenvalue weighted by atomic mass is 9.94. The highest BCUT2D eigenvalue weighted by Gasteiger charge is 2.25. The molecule has 7 rings (SSSR count). The van der Waals surface area contributed by atoms with Crippen LogP contribution < -0.4 is 26.4 Å². The molecule has 2 aliphatic heterocycles. The van der Waals surface area contributed by atoms with Crippen molar-refractivity contribution in [1.29, 1.82) is 0 Å². The molecule has 17 heteroatoms. The first-order valence-corrected chi connectivity index (χ1v) is 20.0. The number of carbonyl (C=O) groups excluding carboxylic acids is 1. The molecule has 0 bridgehead atoms. The van der Waals surface area contributed by atoms with Crippen molar-refractivity contribution in [3.05, 3.63) is 107 Å². The average Bonchev–Trinajstić information content (AvgIpc) is 3.21. The summed E-state index contributed by atoms with van der Waals surface area (Å²) in [6, 6.07) is 23.0. The quantitative estimate of drug-likeness (QED) is 0.132. The molecule has 0 radical (unpaired) electrons. The number of anilines is 1. The van der Waals surface area contributed by atoms with E-state index in [9.17, 15) is 9.59 Å². The largest absolute Gasteiger partial charge is 0.493 e. The SMILES string of the molecule is COc1cc(-c2cnc(N)c(-c3ccc(-c4c(C(N)=O)c(=O)c(-c5ccc(C)cc5)cn4CC4CCOCC4)cc3)c2)ccc1OC[C@H]1COCCO1.O.O=S(=O)(O)O. The Morgan fingerprint density at radius 1 is 0.864 bits per heavy atom. The van der Waals surface area contributed by atoms with E-state index in [0.29, 0.717) is 86.2 Å². The topological polar surface area (TPSA) is 256 Å². The maximum atomic E-state index is 14.0. The second kappa shape index (κ2) is 19.9. The molecule has 2 saturated heterocycles. The number of nitrogens with zero attached hydrogens (tertiary/aromatic N) is 2. The molecular weight excluding hydrogens is 785 g/mol. The van der Waals surface area contributed by atoms with Gasteiger partial charge in [-0.2, -0.15) is 8.42 Å². The lowest BCUT2D eigenvalue weighted by Gasteiger charge is -2.26. The molecule has 0 saturated carbocycles. The molecule has 4 heterocycles. The molecule has 8 N–H and O–H groups in total. The third-order valence-electron chi connectivity index (χ3n) is 9.88. The van der Waals surface area contributed by atoms with Crippen LogP contribution in [-0.2, 0) is 31.2 Å². The number of primary amides is 1. The summed E-state index contributed by atoms with van der Waals surface area (Å²) in [5.41, 5.74) is 18.7. The fourth-order valence-electron chi connectivity index (χ4n) is 6.95. The first kappa shape index (κ1) is 44.4. The highest BCUT2D eigenvalue weighted by Crippen LogP contribution is 2.36. The van der Waals surface area contributed by atoms with E-state index in [1.165, 1.54) is 0 Å². The number of hydrogen-bond donors (Lipinski definition) is 4. The number of pyridine rings is 2. The highest BCUT2D eigenvalue weighted by atomic mass is 32.3. The van der Waals surface area contributed by atoms with Gasteiger partial charge in [0.1, 0.15) is 24.1 Å². The van der Waals surface area contributed by atoms with E-state index in [4.69, 9.17) is 52.7 Å². The zero-order valence-electron chi connectivity index (χ0n) is 32.6. The number of amides is 1. The molecule has 16 nitrogen and oxygen atoms in total. The van der Waals surface area contributed by atoms with Crippen molar-refractivity contribution in [2.45, 2.75) is 32.4 Å². The third-order valence-corrected chi connectivity index (χ3v) is 9.88. The van der Waals surface area contributed by atoms with Gasteiger partial charge in [-0.05, 0) is 66.1 Å². The molecule has 1 atom stereocenters. The maximum absolute atomic E-state index is 14.0. The summed E-state index contributed by atoms with van der Waals surface area (Å²) in [6.07, 6.45) is 5.21. The zero-order valence-corrected chi connectivity index (χ0v) is 33.4. The number of benzene rings is 3. The molecule has 2 aliphatic rings. The van der Waals surface area contributed by atoms with Crippen LogP contribution in [0.15, 0.2) is 90.0 Å². The molecule has 1 amide bonds. The highest BCUT2D eigenvalue weighted by molar-refractivity contribution is 7.79. The number of ether oxygens (including phenoxy) is 5. The smallest absolute Gasteiger partial charge is 0.394 e. The molecule has 3 aromatic carbocycles. The minimum Gasteiger partial charge on any atom is -0.493 e. The standard InChI is InChI=1S/C42H44N4O7.H2O4S.H2O/c1-26-3-5-29(6-4-26)35-23-46(22-27-13-15-50-16-14-27)39(38(40(35)47)42(44)48)30-9-7-28(8-10-30)34-19-32(21-45-41(34)43)31-11-12-36(37(20-31)49-2)53-25-33-24-51-17-18-52-33;1-5(2,3)4;/h3-12,19-21,23,27,33H,13-18,22,24-25H2,1-2H3,(H2,43,45)(H2,44,48);(H2,1,2,3,4);1H2/t33-;;/m1../s1. The minimum atomic E-state index is -4.67. The number of rotatable bonds is 11. The Hall–Kier alpha value is -5.66. The molecule has 0 unspecified atom stereocenters. The van der Waals surface area contributed by atoms with Crippen molar-refractivity contribution in [3.8, 4) is 56.1 Å². The van der Waals surface area contributed by atoms with Crippen LogP contribution in [-0.4, -0.2) is 91.3 Å². The van der Waals surface area contributed by atoms with Gasteiger partial charge in [-0.1, -0.05) is 60.2 Å². The molecular formula is C42H48N4O12S. The molecule has 2 aromatic heterocycles. The van der Waals surface area contributed by atoms with Gasteiger partial charge in [0.15, 0.2) is 11.5 Å². The van der Waals surface area contributed by atoms with Crippen LogP contribution in [0, 0.1) is 12.8 Å². The average molecular weight is 833 g/mol. The molecule has 314 valence electrons. The Morgan fingerprint density at radius 2 is 1.49 bits per heavy atom. The van der Waals surface area contributed by atoms with Crippen molar-refractivity contribution in [1.82, 2.24) is 9.55 Å². The van der Waals surface area contributed by atoms with Gasteiger partial charge >= 0.3 is 10.4 Å². The van der Waals surface area contributed by atoms with Crippen molar-refractivity contribution in [3.63, 3.8) is 0 Å². The zero-order chi connectivity index (χ0) is 41.4. The molecule has 2 fully saturated rings. The Morgan fingerprint density at radius 3 is 2.12 bits per heavy atom. The summed E-state index contributed by atoms with van der Waals surface area (Å²) in [4.78, 5) is 31.7. The first-order valence-electron chi connectivity index (χ1n) is 18.6. The summed E-state index contributed by atoms with van der Waals surface area (Å²) < 4.78 is 62.1. The first-order chi connectivity index (χ1) is 27.8. The van der Waals surface area contributed by atoms with Crippen molar-refractivity contribution < 1.29 is 51.5 Å². The van der Waals surface area contributed by atoms with Crippen LogP contribution in [0.5, 0.6) is 11.5 Å². The predicted octanol–water partition coefficient (Wildman–Crippen LogP) is 4.65. The number of nitrogen functional groups attached to an aromatic ring is 1. The lowest BCUT2D eigenvalue weighted by Crippen LogP contribution is -2.33. The minimum absolute atomic E-state index is 0. The summed E-state index contributed by atoms with van der Waals surface area (Å²) in [5, 5.41) is 0. The summed E-state index contributed by atoms with van der Waals surface area (Å²) in [5.74, 6) is 1.08. The molecule has 0 aliphatic carbocycles.